The molecule has 0 radical (unpaired) electrons. The minimum absolute atomic E-state index is 0.0859. The Balaban J connectivity index is 2.16. The predicted molar refractivity (Wildman–Crippen MR) is 88.0 cm³/mol. The van der Waals surface area contributed by atoms with E-state index in [1.54, 1.807) is 13.0 Å². The molecule has 1 aromatic rings. The van der Waals surface area contributed by atoms with E-state index in [4.69, 9.17) is 22.1 Å². The van der Waals surface area contributed by atoms with E-state index in [9.17, 15) is 8.42 Å². The lowest BCUT2D eigenvalue weighted by atomic mass is 10.0. The fraction of sp³-hybridized carbons (Fsp3) is 0.583. The number of halogens is 2. The van der Waals surface area contributed by atoms with Gasteiger partial charge in [-0.15, -0.1) is 11.3 Å². The van der Waals surface area contributed by atoms with Crippen LogP contribution in [0.15, 0.2) is 14.8 Å². The Bertz CT molecular complexity index is 725. The molecular weight excluding hydrogens is 400 g/mol. The standard InChI is InChI=1S/C12H14BrClN2O3S2/c1-11(9-7(14)4-8(13)20-9)6-21(17,18)12(10(15)16-11)2-3-19-5-12/h4H,2-3,5-6H2,1H3,(H2,15,16)/t11-,12+/m0/s1. The van der Waals surface area contributed by atoms with E-state index in [-0.39, 0.29) is 18.2 Å². The number of amidine groups is 1. The van der Waals surface area contributed by atoms with Crippen molar-refractivity contribution in [1.82, 2.24) is 0 Å². The van der Waals surface area contributed by atoms with Crippen LogP contribution in [0.2, 0.25) is 5.02 Å². The van der Waals surface area contributed by atoms with Crippen molar-refractivity contribution >= 4 is 54.5 Å². The van der Waals surface area contributed by atoms with Gasteiger partial charge in [0.15, 0.2) is 14.6 Å². The Labute approximate surface area is 140 Å². The average Bonchev–Trinajstić information content (AvgIpc) is 2.94. The van der Waals surface area contributed by atoms with Crippen LogP contribution in [0.25, 0.3) is 0 Å². The number of nitrogens with two attached hydrogens (primary N) is 1. The van der Waals surface area contributed by atoms with E-state index in [2.05, 4.69) is 20.9 Å². The van der Waals surface area contributed by atoms with Gasteiger partial charge in [-0.3, -0.25) is 4.99 Å². The van der Waals surface area contributed by atoms with Crippen LogP contribution in [0.5, 0.6) is 0 Å². The summed E-state index contributed by atoms with van der Waals surface area (Å²) in [4.78, 5) is 5.23. The van der Waals surface area contributed by atoms with Crippen molar-refractivity contribution in [2.45, 2.75) is 23.6 Å². The van der Waals surface area contributed by atoms with E-state index in [1.165, 1.54) is 11.3 Å². The Hall–Kier alpha value is -0.150. The third kappa shape index (κ3) is 2.26. The first-order valence-corrected chi connectivity index (χ1v) is 9.95. The molecule has 1 fully saturated rings. The first kappa shape index (κ1) is 15.7. The van der Waals surface area contributed by atoms with Crippen molar-refractivity contribution in [3.8, 4) is 0 Å². The first-order valence-electron chi connectivity index (χ1n) is 6.31. The molecule has 0 bridgehead atoms. The second kappa shape index (κ2) is 4.92. The number of rotatable bonds is 1. The highest BCUT2D eigenvalue weighted by Gasteiger charge is 2.57. The van der Waals surface area contributed by atoms with Crippen molar-refractivity contribution in [2.24, 2.45) is 10.7 Å². The van der Waals surface area contributed by atoms with Crippen molar-refractivity contribution < 1.29 is 13.2 Å². The minimum Gasteiger partial charge on any atom is -0.386 e. The van der Waals surface area contributed by atoms with Crippen LogP contribution in [-0.4, -0.2) is 38.0 Å². The van der Waals surface area contributed by atoms with Gasteiger partial charge in [0.1, 0.15) is 11.4 Å². The SMILES string of the molecule is C[C@@]1(c2sc(Br)cc2Cl)CS(=O)(=O)[C@@]2(CCOC2)C(N)=N1. The highest BCUT2D eigenvalue weighted by molar-refractivity contribution is 9.11. The molecule has 9 heteroatoms. The molecule has 3 heterocycles. The Morgan fingerprint density at radius 3 is 2.76 bits per heavy atom. The summed E-state index contributed by atoms with van der Waals surface area (Å²) in [5.41, 5.74) is 5.11. The van der Waals surface area contributed by atoms with Crippen LogP contribution in [0, 0.1) is 0 Å². The van der Waals surface area contributed by atoms with E-state index >= 15 is 0 Å². The average molecular weight is 414 g/mol. The van der Waals surface area contributed by atoms with E-state index in [0.29, 0.717) is 22.9 Å². The summed E-state index contributed by atoms with van der Waals surface area (Å²) in [5, 5.41) is 0.500. The first-order chi connectivity index (χ1) is 9.70. The van der Waals surface area contributed by atoms with Crippen LogP contribution in [0.3, 0.4) is 0 Å². The maximum Gasteiger partial charge on any atom is 0.168 e. The molecule has 0 aromatic carbocycles. The molecule has 21 heavy (non-hydrogen) atoms. The number of nitrogens with zero attached hydrogens (tertiary/aromatic N) is 1. The number of thiophene rings is 1. The van der Waals surface area contributed by atoms with Gasteiger partial charge in [-0.05, 0) is 35.3 Å². The monoisotopic (exact) mass is 412 g/mol. The van der Waals surface area contributed by atoms with Crippen molar-refractivity contribution in [3.63, 3.8) is 0 Å². The van der Waals surface area contributed by atoms with Gasteiger partial charge in [-0.2, -0.15) is 0 Å². The summed E-state index contributed by atoms with van der Waals surface area (Å²) < 4.78 is 30.6. The second-order valence-electron chi connectivity index (χ2n) is 5.55. The van der Waals surface area contributed by atoms with Crippen LogP contribution in [0.4, 0.5) is 0 Å². The number of sulfone groups is 1. The van der Waals surface area contributed by atoms with Crippen LogP contribution in [0.1, 0.15) is 18.2 Å². The smallest absolute Gasteiger partial charge is 0.168 e. The molecule has 1 spiro atoms. The zero-order valence-electron chi connectivity index (χ0n) is 11.2. The van der Waals surface area contributed by atoms with Gasteiger partial charge in [-0.25, -0.2) is 8.42 Å². The second-order valence-corrected chi connectivity index (χ2v) is 10.7. The molecule has 1 aromatic heterocycles. The number of hydrogen-bond donors (Lipinski definition) is 1. The number of ether oxygens (including phenoxy) is 1. The van der Waals surface area contributed by atoms with Gasteiger partial charge >= 0.3 is 0 Å². The molecule has 0 unspecified atom stereocenters. The molecular formula is C12H14BrClN2O3S2. The fourth-order valence-corrected chi connectivity index (χ4v) is 7.43. The molecule has 5 nitrogen and oxygen atoms in total. The quantitative estimate of drug-likeness (QED) is 0.766. The van der Waals surface area contributed by atoms with Gasteiger partial charge in [-0.1, -0.05) is 11.6 Å². The zero-order chi connectivity index (χ0) is 15.5. The summed E-state index contributed by atoms with van der Waals surface area (Å²) in [6.45, 7) is 2.23. The Kier molecular flexibility index (Phi) is 3.69. The highest BCUT2D eigenvalue weighted by atomic mass is 79.9. The van der Waals surface area contributed by atoms with E-state index < -0.39 is 20.1 Å². The normalized spacial score (nSPS) is 35.1. The molecule has 2 aliphatic rings. The third-order valence-corrected chi connectivity index (χ3v) is 9.00. The lowest BCUT2D eigenvalue weighted by molar-refractivity contribution is 0.194. The molecule has 2 N–H and O–H groups in total. The predicted octanol–water partition coefficient (Wildman–Crippen LogP) is 2.32. The van der Waals surface area contributed by atoms with Crippen molar-refractivity contribution in [1.29, 1.82) is 0 Å². The zero-order valence-corrected chi connectivity index (χ0v) is 15.2. The van der Waals surface area contributed by atoms with Gasteiger partial charge in [0, 0.05) is 6.61 Å². The Morgan fingerprint density at radius 2 is 2.29 bits per heavy atom. The van der Waals surface area contributed by atoms with Gasteiger partial charge < -0.3 is 10.5 Å². The molecule has 116 valence electrons. The summed E-state index contributed by atoms with van der Waals surface area (Å²) in [6, 6.07) is 1.74. The van der Waals surface area contributed by atoms with Crippen LogP contribution < -0.4 is 5.73 Å². The fourth-order valence-electron chi connectivity index (χ4n) is 2.89. The number of hydrogen-bond acceptors (Lipinski definition) is 6. The molecule has 2 aliphatic heterocycles. The lowest BCUT2D eigenvalue weighted by Crippen LogP contribution is -2.58. The number of aliphatic imine (C=N–C) groups is 1. The van der Waals surface area contributed by atoms with Crippen LogP contribution in [-0.2, 0) is 20.1 Å². The van der Waals surface area contributed by atoms with Crippen molar-refractivity contribution in [2.75, 3.05) is 19.0 Å². The summed E-state index contributed by atoms with van der Waals surface area (Å²) in [7, 11) is -3.48. The highest BCUT2D eigenvalue weighted by Crippen LogP contribution is 2.46. The molecule has 1 saturated heterocycles. The van der Waals surface area contributed by atoms with E-state index in [1.807, 2.05) is 0 Å². The molecule has 2 atom stereocenters. The molecule has 0 aliphatic carbocycles. The Morgan fingerprint density at radius 1 is 1.57 bits per heavy atom. The maximum atomic E-state index is 12.8. The van der Waals surface area contributed by atoms with Gasteiger partial charge in [0.05, 0.1) is 26.0 Å². The summed E-state index contributed by atoms with van der Waals surface area (Å²) in [6.07, 6.45) is 0.364. The van der Waals surface area contributed by atoms with E-state index in [0.717, 1.165) is 3.79 Å². The minimum atomic E-state index is -3.48. The lowest BCUT2D eigenvalue weighted by Gasteiger charge is -2.38. The third-order valence-electron chi connectivity index (χ3n) is 4.03. The summed E-state index contributed by atoms with van der Waals surface area (Å²) >= 11 is 11.0. The van der Waals surface area contributed by atoms with Gasteiger partial charge in [0.2, 0.25) is 0 Å². The molecule has 0 saturated carbocycles. The summed E-state index contributed by atoms with van der Waals surface area (Å²) in [5.74, 6) is 0.0193. The molecule has 0 amide bonds. The largest absolute Gasteiger partial charge is 0.386 e. The molecule has 3 rings (SSSR count). The van der Waals surface area contributed by atoms with Crippen LogP contribution >= 0.6 is 38.9 Å². The van der Waals surface area contributed by atoms with Crippen molar-refractivity contribution in [3.05, 3.63) is 19.8 Å². The topological polar surface area (TPSA) is 81.8 Å². The van der Waals surface area contributed by atoms with Gasteiger partial charge in [0.25, 0.3) is 0 Å². The maximum absolute atomic E-state index is 12.8.